The zero-order valence-corrected chi connectivity index (χ0v) is 7.95. The number of anilines is 1. The van der Waals surface area contributed by atoms with Gasteiger partial charge in [-0.25, -0.2) is 9.78 Å². The molecule has 0 aliphatic carbocycles. The van der Waals surface area contributed by atoms with Gasteiger partial charge in [-0.05, 0) is 0 Å². The second-order valence-electron chi connectivity index (χ2n) is 2.74. The van der Waals surface area contributed by atoms with Crippen molar-refractivity contribution in [2.75, 3.05) is 5.73 Å². The highest BCUT2D eigenvalue weighted by Crippen LogP contribution is 2.28. The fourth-order valence-electron chi connectivity index (χ4n) is 0.963. The van der Waals surface area contributed by atoms with Crippen LogP contribution in [0.1, 0.15) is 16.2 Å². The summed E-state index contributed by atoms with van der Waals surface area (Å²) in [5.41, 5.74) is 3.11. The lowest BCUT2D eigenvalue weighted by Crippen LogP contribution is -2.19. The number of halogens is 3. The molecule has 0 amide bonds. The number of nitrogens with two attached hydrogens (primary N) is 1. The molecule has 0 bridgehead atoms. The van der Waals surface area contributed by atoms with Gasteiger partial charge in [0.1, 0.15) is 6.07 Å². The Morgan fingerprint density at radius 3 is 2.59 bits per heavy atom. The van der Waals surface area contributed by atoms with Gasteiger partial charge < -0.3 is 15.6 Å². The minimum atomic E-state index is -5.02. The predicted molar refractivity (Wildman–Crippen MR) is 47.0 cm³/mol. The molecule has 0 radical (unpaired) electrons. The molecule has 0 saturated heterocycles. The fraction of sp³-hybridized carbons (Fsp3) is 0.125. The van der Waals surface area contributed by atoms with Crippen molar-refractivity contribution in [3.8, 4) is 11.8 Å². The van der Waals surface area contributed by atoms with Crippen LogP contribution in [0.25, 0.3) is 0 Å². The maximum absolute atomic E-state index is 11.9. The highest BCUT2D eigenvalue weighted by molar-refractivity contribution is 5.91. The van der Waals surface area contributed by atoms with Crippen LogP contribution in [0.4, 0.5) is 18.9 Å². The maximum atomic E-state index is 11.9. The third-order valence-electron chi connectivity index (χ3n) is 1.55. The quantitative estimate of drug-likeness (QED) is 0.810. The third-order valence-corrected chi connectivity index (χ3v) is 1.55. The van der Waals surface area contributed by atoms with Crippen LogP contribution in [0.3, 0.4) is 0 Å². The van der Waals surface area contributed by atoms with Gasteiger partial charge in [0.25, 0.3) is 0 Å². The number of carbonyl (C=O) groups is 1. The van der Waals surface area contributed by atoms with E-state index in [-0.39, 0.29) is 0 Å². The van der Waals surface area contributed by atoms with Crippen molar-refractivity contribution in [3.63, 3.8) is 0 Å². The van der Waals surface area contributed by atoms with Gasteiger partial charge in [-0.2, -0.15) is 5.26 Å². The molecule has 0 aromatic carbocycles. The molecule has 0 atom stereocenters. The molecule has 0 aliphatic rings. The van der Waals surface area contributed by atoms with Crippen LogP contribution < -0.4 is 10.5 Å². The summed E-state index contributed by atoms with van der Waals surface area (Å²) in [5, 5.41) is 17.1. The van der Waals surface area contributed by atoms with E-state index in [1.165, 1.54) is 6.07 Å². The van der Waals surface area contributed by atoms with Crippen LogP contribution in [-0.2, 0) is 0 Å². The Morgan fingerprint density at radius 2 is 2.18 bits per heavy atom. The average Bonchev–Trinajstić information content (AvgIpc) is 2.14. The molecule has 9 heteroatoms. The number of hydrogen-bond acceptors (Lipinski definition) is 5. The number of rotatable bonds is 2. The molecule has 0 unspecified atom stereocenters. The molecular formula is C8H4F3N3O3. The Hall–Kier alpha value is -2.50. The first-order valence-corrected chi connectivity index (χ1v) is 3.94. The summed E-state index contributed by atoms with van der Waals surface area (Å²) in [5.74, 6) is -2.50. The zero-order valence-electron chi connectivity index (χ0n) is 7.95. The number of alkyl halides is 3. The second kappa shape index (κ2) is 4.17. The van der Waals surface area contributed by atoms with Crippen molar-refractivity contribution in [1.82, 2.24) is 4.98 Å². The van der Waals surface area contributed by atoms with Gasteiger partial charge in [0.05, 0.1) is 5.69 Å². The lowest BCUT2D eigenvalue weighted by molar-refractivity contribution is -0.274. The molecule has 17 heavy (non-hydrogen) atoms. The minimum Gasteiger partial charge on any atom is -0.476 e. The maximum Gasteiger partial charge on any atom is 0.573 e. The van der Waals surface area contributed by atoms with E-state index in [9.17, 15) is 18.0 Å². The third kappa shape index (κ3) is 2.97. The summed E-state index contributed by atoms with van der Waals surface area (Å²) in [6, 6.07) is 1.87. The van der Waals surface area contributed by atoms with E-state index < -0.39 is 35.2 Å². The Labute approximate surface area is 92.0 Å². The standard InChI is InChI=1S/C8H4F3N3O3/c9-8(10,11)17-5-1-3(13)6(7(15)16)14-4(5)2-12/h1H,13H2,(H,15,16). The largest absolute Gasteiger partial charge is 0.573 e. The molecule has 3 N–H and O–H groups in total. The summed E-state index contributed by atoms with van der Waals surface area (Å²) in [7, 11) is 0. The highest BCUT2D eigenvalue weighted by Gasteiger charge is 2.33. The second-order valence-corrected chi connectivity index (χ2v) is 2.74. The number of aromatic nitrogens is 1. The Morgan fingerprint density at radius 1 is 1.59 bits per heavy atom. The number of nitriles is 1. The lowest BCUT2D eigenvalue weighted by atomic mass is 10.2. The molecule has 1 heterocycles. The first-order valence-electron chi connectivity index (χ1n) is 3.94. The monoisotopic (exact) mass is 247 g/mol. The van der Waals surface area contributed by atoms with Crippen molar-refractivity contribution >= 4 is 11.7 Å². The Bertz CT molecular complexity index is 507. The van der Waals surface area contributed by atoms with Crippen LogP contribution >= 0.6 is 0 Å². The number of hydrogen-bond donors (Lipinski definition) is 2. The Balaban J connectivity index is 3.30. The van der Waals surface area contributed by atoms with E-state index in [4.69, 9.17) is 16.1 Å². The van der Waals surface area contributed by atoms with Crippen LogP contribution in [0.2, 0.25) is 0 Å². The molecule has 1 rings (SSSR count). The molecular weight excluding hydrogens is 243 g/mol. The first-order chi connectivity index (χ1) is 7.74. The molecule has 0 spiro atoms. The first kappa shape index (κ1) is 12.6. The van der Waals surface area contributed by atoms with Crippen molar-refractivity contribution in [3.05, 3.63) is 17.5 Å². The zero-order chi connectivity index (χ0) is 13.2. The van der Waals surface area contributed by atoms with Gasteiger partial charge in [-0.1, -0.05) is 0 Å². The van der Waals surface area contributed by atoms with Crippen LogP contribution in [-0.4, -0.2) is 22.4 Å². The number of carboxylic acids is 1. The van der Waals surface area contributed by atoms with Crippen molar-refractivity contribution < 1.29 is 27.8 Å². The fourth-order valence-corrected chi connectivity index (χ4v) is 0.963. The van der Waals surface area contributed by atoms with E-state index >= 15 is 0 Å². The predicted octanol–water partition coefficient (Wildman–Crippen LogP) is 1.13. The Kier molecular flexibility index (Phi) is 3.08. The van der Waals surface area contributed by atoms with Crippen molar-refractivity contribution in [2.24, 2.45) is 0 Å². The van der Waals surface area contributed by atoms with Gasteiger partial charge in [0.2, 0.25) is 0 Å². The van der Waals surface area contributed by atoms with Crippen LogP contribution in [0.5, 0.6) is 5.75 Å². The number of ether oxygens (including phenoxy) is 1. The number of nitrogens with zero attached hydrogens (tertiary/aromatic N) is 2. The number of aromatic carboxylic acids is 1. The van der Waals surface area contributed by atoms with Crippen LogP contribution in [0.15, 0.2) is 6.07 Å². The number of carboxylic acid groups (broad SMARTS) is 1. The van der Waals surface area contributed by atoms with Gasteiger partial charge in [0, 0.05) is 6.07 Å². The molecule has 0 saturated carbocycles. The SMILES string of the molecule is N#Cc1nc(C(=O)O)c(N)cc1OC(F)(F)F. The van der Waals surface area contributed by atoms with Crippen LogP contribution in [0, 0.1) is 11.3 Å². The summed E-state index contributed by atoms with van der Waals surface area (Å²) in [4.78, 5) is 13.7. The average molecular weight is 247 g/mol. The highest BCUT2D eigenvalue weighted by atomic mass is 19.4. The molecule has 0 fully saturated rings. The molecule has 6 nitrogen and oxygen atoms in total. The summed E-state index contributed by atoms with van der Waals surface area (Å²) in [6.07, 6.45) is -5.02. The molecule has 90 valence electrons. The van der Waals surface area contributed by atoms with E-state index in [0.717, 1.165) is 0 Å². The van der Waals surface area contributed by atoms with E-state index in [1.807, 2.05) is 0 Å². The van der Waals surface area contributed by atoms with E-state index in [1.54, 1.807) is 0 Å². The van der Waals surface area contributed by atoms with Gasteiger partial charge >= 0.3 is 12.3 Å². The van der Waals surface area contributed by atoms with E-state index in [2.05, 4.69) is 9.72 Å². The molecule has 0 aliphatic heterocycles. The van der Waals surface area contributed by atoms with Crippen molar-refractivity contribution in [2.45, 2.75) is 6.36 Å². The summed E-state index contributed by atoms with van der Waals surface area (Å²) in [6.45, 7) is 0. The minimum absolute atomic E-state index is 0.532. The number of nitrogen functional groups attached to an aromatic ring is 1. The summed E-state index contributed by atoms with van der Waals surface area (Å²) < 4.78 is 39.3. The molecule has 1 aromatic rings. The van der Waals surface area contributed by atoms with Gasteiger partial charge in [-0.15, -0.1) is 13.2 Å². The van der Waals surface area contributed by atoms with E-state index in [0.29, 0.717) is 6.07 Å². The molecule has 1 aromatic heterocycles. The topological polar surface area (TPSA) is 109 Å². The smallest absolute Gasteiger partial charge is 0.476 e. The summed E-state index contributed by atoms with van der Waals surface area (Å²) >= 11 is 0. The van der Waals surface area contributed by atoms with Crippen molar-refractivity contribution in [1.29, 1.82) is 5.26 Å². The van der Waals surface area contributed by atoms with Gasteiger partial charge in [-0.3, -0.25) is 0 Å². The number of pyridine rings is 1. The lowest BCUT2D eigenvalue weighted by Gasteiger charge is -2.11. The van der Waals surface area contributed by atoms with Gasteiger partial charge in [0.15, 0.2) is 17.1 Å². The normalized spacial score (nSPS) is 10.7.